The first-order valence-electron chi connectivity index (χ1n) is 5.37. The molecule has 0 unspecified atom stereocenters. The van der Waals surface area contributed by atoms with Crippen molar-refractivity contribution in [1.82, 2.24) is 14.7 Å². The highest BCUT2D eigenvalue weighted by Crippen LogP contribution is 2.15. The second-order valence-corrected chi connectivity index (χ2v) is 4.11. The predicted octanol–water partition coefficient (Wildman–Crippen LogP) is -0.369. The highest BCUT2D eigenvalue weighted by Gasteiger charge is 2.17. The molecule has 1 aliphatic rings. The minimum Gasteiger partial charge on any atom is -0.353 e. The Balaban J connectivity index is 2.09. The van der Waals surface area contributed by atoms with Gasteiger partial charge in [-0.15, -0.1) is 0 Å². The summed E-state index contributed by atoms with van der Waals surface area (Å²) in [6.45, 7) is 4.87. The smallest absolute Gasteiger partial charge is 0.150 e. The summed E-state index contributed by atoms with van der Waals surface area (Å²) < 4.78 is 1.87. The molecule has 84 valence electrons. The van der Waals surface area contributed by atoms with Gasteiger partial charge in [0.15, 0.2) is 5.82 Å². The van der Waals surface area contributed by atoms with E-state index in [9.17, 15) is 0 Å². The normalized spacial score (nSPS) is 18.5. The molecule has 15 heavy (non-hydrogen) atoms. The fourth-order valence-electron chi connectivity index (χ4n) is 1.87. The van der Waals surface area contributed by atoms with Crippen LogP contribution in [0.3, 0.4) is 0 Å². The molecule has 2 rings (SSSR count). The van der Waals surface area contributed by atoms with Gasteiger partial charge in [0, 0.05) is 45.8 Å². The third kappa shape index (κ3) is 2.13. The molecule has 0 aromatic carbocycles. The largest absolute Gasteiger partial charge is 0.353 e. The lowest BCUT2D eigenvalue weighted by molar-refractivity contribution is 0.312. The molecule has 1 saturated heterocycles. The molecular formula is C10H19N5. The zero-order valence-corrected chi connectivity index (χ0v) is 9.48. The minimum absolute atomic E-state index is 0.553. The van der Waals surface area contributed by atoms with Gasteiger partial charge in [0.05, 0.1) is 5.69 Å². The van der Waals surface area contributed by atoms with Crippen molar-refractivity contribution in [3.63, 3.8) is 0 Å². The molecule has 2 heterocycles. The highest BCUT2D eigenvalue weighted by atomic mass is 15.4. The van der Waals surface area contributed by atoms with Crippen LogP contribution in [0.1, 0.15) is 5.69 Å². The van der Waals surface area contributed by atoms with Gasteiger partial charge in [-0.25, -0.2) is 0 Å². The number of piperazine rings is 1. The number of hydrogen-bond acceptors (Lipinski definition) is 4. The Kier molecular flexibility index (Phi) is 2.93. The molecule has 1 fully saturated rings. The lowest BCUT2D eigenvalue weighted by Gasteiger charge is -2.32. The van der Waals surface area contributed by atoms with E-state index in [4.69, 9.17) is 5.73 Å². The number of nitrogens with zero attached hydrogens (tertiary/aromatic N) is 4. The Labute approximate surface area is 90.4 Å². The van der Waals surface area contributed by atoms with Crippen LogP contribution in [0.15, 0.2) is 6.07 Å². The van der Waals surface area contributed by atoms with Gasteiger partial charge in [-0.2, -0.15) is 5.10 Å². The van der Waals surface area contributed by atoms with Gasteiger partial charge in [0.2, 0.25) is 0 Å². The molecule has 0 spiro atoms. The monoisotopic (exact) mass is 209 g/mol. The summed E-state index contributed by atoms with van der Waals surface area (Å²) in [5.74, 6) is 1.06. The fraction of sp³-hybridized carbons (Fsp3) is 0.700. The van der Waals surface area contributed by atoms with Crippen LogP contribution in [0.4, 0.5) is 5.82 Å². The third-order valence-corrected chi connectivity index (χ3v) is 3.00. The molecule has 0 atom stereocenters. The van der Waals surface area contributed by atoms with E-state index < -0.39 is 0 Å². The van der Waals surface area contributed by atoms with E-state index in [1.54, 1.807) is 0 Å². The number of hydrogen-bond donors (Lipinski definition) is 1. The number of rotatable bonds is 2. The number of aryl methyl sites for hydroxylation is 1. The van der Waals surface area contributed by atoms with Crippen LogP contribution in [0.25, 0.3) is 0 Å². The number of likely N-dealkylation sites (N-methyl/N-ethyl adjacent to an activating group) is 1. The lowest BCUT2D eigenvalue weighted by atomic mass is 10.3. The van der Waals surface area contributed by atoms with Crippen molar-refractivity contribution in [2.75, 3.05) is 38.1 Å². The minimum atomic E-state index is 0.553. The van der Waals surface area contributed by atoms with Crippen molar-refractivity contribution in [3.8, 4) is 0 Å². The number of anilines is 1. The molecule has 2 N–H and O–H groups in total. The summed E-state index contributed by atoms with van der Waals surface area (Å²) in [6, 6.07) is 2.09. The van der Waals surface area contributed by atoms with E-state index in [0.717, 1.165) is 37.7 Å². The maximum atomic E-state index is 5.63. The molecule has 0 saturated carbocycles. The molecule has 1 aromatic rings. The summed E-state index contributed by atoms with van der Waals surface area (Å²) >= 11 is 0. The second-order valence-electron chi connectivity index (χ2n) is 4.11. The lowest BCUT2D eigenvalue weighted by Crippen LogP contribution is -2.44. The van der Waals surface area contributed by atoms with Gasteiger partial charge in [0.25, 0.3) is 0 Å². The average Bonchev–Trinajstić information content (AvgIpc) is 2.61. The summed E-state index contributed by atoms with van der Waals surface area (Å²) in [4.78, 5) is 4.66. The third-order valence-electron chi connectivity index (χ3n) is 3.00. The zero-order chi connectivity index (χ0) is 10.8. The Morgan fingerprint density at radius 3 is 2.47 bits per heavy atom. The SMILES string of the molecule is CN1CCN(c2cc(CN)n(C)n2)CC1. The van der Waals surface area contributed by atoms with Gasteiger partial charge in [-0.1, -0.05) is 0 Å². The van der Waals surface area contributed by atoms with Gasteiger partial charge < -0.3 is 15.5 Å². The van der Waals surface area contributed by atoms with Crippen LogP contribution >= 0.6 is 0 Å². The first-order chi connectivity index (χ1) is 7.20. The Bertz CT molecular complexity index is 325. The summed E-state index contributed by atoms with van der Waals surface area (Å²) in [5.41, 5.74) is 6.71. The van der Waals surface area contributed by atoms with Crippen molar-refractivity contribution in [1.29, 1.82) is 0 Å². The summed E-state index contributed by atoms with van der Waals surface area (Å²) in [7, 11) is 4.10. The van der Waals surface area contributed by atoms with Crippen molar-refractivity contribution in [2.24, 2.45) is 12.8 Å². The Morgan fingerprint density at radius 2 is 1.93 bits per heavy atom. The average molecular weight is 209 g/mol. The zero-order valence-electron chi connectivity index (χ0n) is 9.48. The molecule has 5 heteroatoms. The molecule has 0 amide bonds. The molecular weight excluding hydrogens is 190 g/mol. The number of aromatic nitrogens is 2. The standard InChI is InChI=1S/C10H19N5/c1-13-3-5-15(6-4-13)10-7-9(8-11)14(2)12-10/h7H,3-6,8,11H2,1-2H3. The van der Waals surface area contributed by atoms with Gasteiger partial charge >= 0.3 is 0 Å². The van der Waals surface area contributed by atoms with Crippen molar-refractivity contribution in [2.45, 2.75) is 6.54 Å². The van der Waals surface area contributed by atoms with Crippen LogP contribution < -0.4 is 10.6 Å². The molecule has 5 nitrogen and oxygen atoms in total. The first kappa shape index (κ1) is 10.4. The Hall–Kier alpha value is -1.07. The van der Waals surface area contributed by atoms with E-state index in [1.807, 2.05) is 11.7 Å². The van der Waals surface area contributed by atoms with E-state index in [-0.39, 0.29) is 0 Å². The Morgan fingerprint density at radius 1 is 1.27 bits per heavy atom. The van der Waals surface area contributed by atoms with E-state index >= 15 is 0 Å². The molecule has 0 radical (unpaired) electrons. The van der Waals surface area contributed by atoms with Crippen LogP contribution in [0.5, 0.6) is 0 Å². The van der Waals surface area contributed by atoms with Crippen LogP contribution in [0, 0.1) is 0 Å². The fourth-order valence-corrected chi connectivity index (χ4v) is 1.87. The van der Waals surface area contributed by atoms with Gasteiger partial charge in [-0.05, 0) is 7.05 Å². The van der Waals surface area contributed by atoms with Crippen molar-refractivity contribution in [3.05, 3.63) is 11.8 Å². The van der Waals surface area contributed by atoms with Gasteiger partial charge in [-0.3, -0.25) is 4.68 Å². The summed E-state index contributed by atoms with van der Waals surface area (Å²) in [6.07, 6.45) is 0. The molecule has 1 aliphatic heterocycles. The molecule has 1 aromatic heterocycles. The predicted molar refractivity (Wildman–Crippen MR) is 60.8 cm³/mol. The topological polar surface area (TPSA) is 50.3 Å². The quantitative estimate of drug-likeness (QED) is 0.722. The maximum absolute atomic E-state index is 5.63. The summed E-state index contributed by atoms with van der Waals surface area (Å²) in [5, 5.41) is 4.47. The highest BCUT2D eigenvalue weighted by molar-refractivity contribution is 5.40. The molecule has 0 aliphatic carbocycles. The number of nitrogens with two attached hydrogens (primary N) is 1. The van der Waals surface area contributed by atoms with Gasteiger partial charge in [0.1, 0.15) is 0 Å². The molecule has 0 bridgehead atoms. The van der Waals surface area contributed by atoms with Crippen LogP contribution in [-0.2, 0) is 13.6 Å². The maximum Gasteiger partial charge on any atom is 0.150 e. The van der Waals surface area contributed by atoms with Crippen LogP contribution in [0.2, 0.25) is 0 Å². The second kappa shape index (κ2) is 4.20. The van der Waals surface area contributed by atoms with E-state index in [2.05, 4.69) is 28.0 Å². The van der Waals surface area contributed by atoms with E-state index in [1.165, 1.54) is 0 Å². The van der Waals surface area contributed by atoms with Crippen molar-refractivity contribution < 1.29 is 0 Å². The van der Waals surface area contributed by atoms with E-state index in [0.29, 0.717) is 6.54 Å². The van der Waals surface area contributed by atoms with Crippen molar-refractivity contribution >= 4 is 5.82 Å². The first-order valence-corrected chi connectivity index (χ1v) is 5.37. The van der Waals surface area contributed by atoms with Crippen LogP contribution in [-0.4, -0.2) is 47.9 Å².